The van der Waals surface area contributed by atoms with Gasteiger partial charge in [-0.2, -0.15) is 0 Å². The SMILES string of the molecule is CC(=S)NCCCC[C@H](NC(=O)OCc1ccccc1)C(=O)NCC(=O)c1ccccc1. The second-order valence-corrected chi connectivity index (χ2v) is 7.86. The Bertz CT molecular complexity index is 891. The average molecular weight is 456 g/mol. The summed E-state index contributed by atoms with van der Waals surface area (Å²) >= 11 is 4.98. The monoisotopic (exact) mass is 455 g/mol. The number of nitrogens with one attached hydrogen (secondary N) is 3. The minimum absolute atomic E-state index is 0.103. The van der Waals surface area contributed by atoms with E-state index >= 15 is 0 Å². The van der Waals surface area contributed by atoms with E-state index in [1.54, 1.807) is 31.2 Å². The van der Waals surface area contributed by atoms with E-state index in [4.69, 9.17) is 17.0 Å². The molecule has 0 saturated carbocycles. The first-order valence-electron chi connectivity index (χ1n) is 10.5. The van der Waals surface area contributed by atoms with Gasteiger partial charge >= 0.3 is 6.09 Å². The van der Waals surface area contributed by atoms with Gasteiger partial charge in [-0.05, 0) is 31.7 Å². The van der Waals surface area contributed by atoms with Gasteiger partial charge in [-0.25, -0.2) is 4.79 Å². The molecule has 7 nitrogen and oxygen atoms in total. The summed E-state index contributed by atoms with van der Waals surface area (Å²) in [5, 5.41) is 8.30. The fourth-order valence-corrected chi connectivity index (χ4v) is 3.03. The fourth-order valence-electron chi connectivity index (χ4n) is 2.93. The maximum absolute atomic E-state index is 12.7. The summed E-state index contributed by atoms with van der Waals surface area (Å²) in [4.78, 5) is 37.9. The van der Waals surface area contributed by atoms with E-state index in [1.807, 2.05) is 36.4 Å². The van der Waals surface area contributed by atoms with Crippen molar-refractivity contribution in [3.05, 3.63) is 71.8 Å². The number of unbranched alkanes of at least 4 members (excludes halogenated alkanes) is 1. The predicted octanol–water partition coefficient (Wildman–Crippen LogP) is 3.39. The molecule has 0 spiro atoms. The molecule has 0 unspecified atom stereocenters. The third-order valence-electron chi connectivity index (χ3n) is 4.63. The van der Waals surface area contributed by atoms with Crippen LogP contribution in [0.5, 0.6) is 0 Å². The van der Waals surface area contributed by atoms with Crippen LogP contribution in [0.25, 0.3) is 0 Å². The van der Waals surface area contributed by atoms with Crippen LogP contribution in [0.3, 0.4) is 0 Å². The number of carbonyl (C=O) groups is 3. The van der Waals surface area contributed by atoms with E-state index in [1.165, 1.54) is 0 Å². The minimum Gasteiger partial charge on any atom is -0.445 e. The number of hydrogen-bond acceptors (Lipinski definition) is 5. The average Bonchev–Trinajstić information content (AvgIpc) is 2.81. The number of alkyl carbamates (subject to hydrolysis) is 1. The summed E-state index contributed by atoms with van der Waals surface area (Å²) in [6.07, 6.45) is 1.18. The summed E-state index contributed by atoms with van der Waals surface area (Å²) in [6.45, 7) is 2.45. The molecule has 0 radical (unpaired) electrons. The first-order chi connectivity index (χ1) is 15.5. The van der Waals surface area contributed by atoms with Gasteiger partial charge in [0.1, 0.15) is 12.6 Å². The molecule has 0 heterocycles. The Morgan fingerprint density at radius 3 is 2.25 bits per heavy atom. The van der Waals surface area contributed by atoms with Gasteiger partial charge in [0, 0.05) is 12.1 Å². The molecule has 32 heavy (non-hydrogen) atoms. The van der Waals surface area contributed by atoms with Gasteiger partial charge in [0.15, 0.2) is 5.78 Å². The zero-order valence-electron chi connectivity index (χ0n) is 18.1. The first-order valence-corrected chi connectivity index (χ1v) is 10.9. The smallest absolute Gasteiger partial charge is 0.408 e. The summed E-state index contributed by atoms with van der Waals surface area (Å²) in [5.41, 5.74) is 1.36. The molecule has 2 aromatic carbocycles. The van der Waals surface area contributed by atoms with Gasteiger partial charge in [-0.3, -0.25) is 9.59 Å². The second-order valence-electron chi connectivity index (χ2n) is 7.24. The lowest BCUT2D eigenvalue weighted by molar-refractivity contribution is -0.123. The Balaban J connectivity index is 1.87. The molecular formula is C24H29N3O4S. The molecule has 2 aromatic rings. The van der Waals surface area contributed by atoms with Crippen molar-refractivity contribution in [2.24, 2.45) is 0 Å². The highest BCUT2D eigenvalue weighted by molar-refractivity contribution is 7.80. The highest BCUT2D eigenvalue weighted by atomic mass is 32.1. The quantitative estimate of drug-likeness (QED) is 0.258. The number of amides is 2. The lowest BCUT2D eigenvalue weighted by Crippen LogP contribution is -2.48. The normalized spacial score (nSPS) is 11.2. The Hall–Kier alpha value is -3.26. The minimum atomic E-state index is -0.810. The topological polar surface area (TPSA) is 96.5 Å². The highest BCUT2D eigenvalue weighted by Gasteiger charge is 2.22. The maximum atomic E-state index is 12.7. The van der Waals surface area contributed by atoms with Crippen molar-refractivity contribution in [2.45, 2.75) is 38.8 Å². The van der Waals surface area contributed by atoms with Crippen molar-refractivity contribution < 1.29 is 19.1 Å². The van der Waals surface area contributed by atoms with E-state index < -0.39 is 18.0 Å². The van der Waals surface area contributed by atoms with Crippen LogP contribution in [0.2, 0.25) is 0 Å². The molecular weight excluding hydrogens is 426 g/mol. The summed E-state index contributed by atoms with van der Waals surface area (Å²) in [5.74, 6) is -0.630. The van der Waals surface area contributed by atoms with Gasteiger partial charge in [-0.15, -0.1) is 0 Å². The second kappa shape index (κ2) is 13.9. The van der Waals surface area contributed by atoms with Crippen LogP contribution in [0.4, 0.5) is 4.79 Å². The molecule has 0 aliphatic carbocycles. The number of benzene rings is 2. The fraction of sp³-hybridized carbons (Fsp3) is 0.333. The Morgan fingerprint density at radius 2 is 1.59 bits per heavy atom. The molecule has 0 aliphatic rings. The molecule has 0 aliphatic heterocycles. The van der Waals surface area contributed by atoms with E-state index in [0.717, 1.165) is 12.0 Å². The maximum Gasteiger partial charge on any atom is 0.408 e. The van der Waals surface area contributed by atoms with Gasteiger partial charge in [0.25, 0.3) is 0 Å². The first kappa shape index (κ1) is 25.0. The highest BCUT2D eigenvalue weighted by Crippen LogP contribution is 2.05. The zero-order chi connectivity index (χ0) is 23.2. The lowest BCUT2D eigenvalue weighted by Gasteiger charge is -2.18. The number of carbonyl (C=O) groups excluding carboxylic acids is 3. The Kier molecular flexibility index (Phi) is 10.9. The largest absolute Gasteiger partial charge is 0.445 e. The molecule has 0 saturated heterocycles. The van der Waals surface area contributed by atoms with Crippen molar-refractivity contribution in [3.8, 4) is 0 Å². The van der Waals surface area contributed by atoms with Gasteiger partial charge in [0.05, 0.1) is 11.5 Å². The molecule has 2 rings (SSSR count). The Labute approximate surface area is 193 Å². The van der Waals surface area contributed by atoms with E-state index in [9.17, 15) is 14.4 Å². The molecule has 0 aromatic heterocycles. The number of ketones is 1. The number of thiocarbonyl (C=S) groups is 1. The molecule has 3 N–H and O–H groups in total. The molecule has 170 valence electrons. The van der Waals surface area contributed by atoms with Crippen LogP contribution in [-0.4, -0.2) is 41.9 Å². The molecule has 1 atom stereocenters. The van der Waals surface area contributed by atoms with Gasteiger partial charge in [0.2, 0.25) is 5.91 Å². The van der Waals surface area contributed by atoms with Crippen LogP contribution >= 0.6 is 12.2 Å². The van der Waals surface area contributed by atoms with Crippen molar-refractivity contribution in [3.63, 3.8) is 0 Å². The summed E-state index contributed by atoms with van der Waals surface area (Å²) < 4.78 is 5.24. The lowest BCUT2D eigenvalue weighted by atomic mass is 10.1. The van der Waals surface area contributed by atoms with Crippen LogP contribution in [0, 0.1) is 0 Å². The molecule has 2 amide bonds. The van der Waals surface area contributed by atoms with Gasteiger partial charge < -0.3 is 20.7 Å². The summed E-state index contributed by atoms with van der Waals surface area (Å²) in [7, 11) is 0. The predicted molar refractivity (Wildman–Crippen MR) is 127 cm³/mol. The molecule has 0 bridgehead atoms. The third kappa shape index (κ3) is 9.70. The van der Waals surface area contributed by atoms with E-state index in [2.05, 4.69) is 16.0 Å². The van der Waals surface area contributed by atoms with Crippen molar-refractivity contribution in [1.82, 2.24) is 16.0 Å². The van der Waals surface area contributed by atoms with Crippen LogP contribution in [-0.2, 0) is 16.1 Å². The number of ether oxygens (including phenoxy) is 1. The van der Waals surface area contributed by atoms with Crippen LogP contribution in [0.1, 0.15) is 42.1 Å². The number of rotatable bonds is 12. The molecule has 0 fully saturated rings. The standard InChI is InChI=1S/C24H29N3O4S/c1-18(32)25-15-9-8-14-21(27-24(30)31-17-19-10-4-2-5-11-19)23(29)26-16-22(28)20-12-6-3-7-13-20/h2-7,10-13,21H,8-9,14-17H2,1H3,(H,25,32)(H,26,29)(H,27,30)/t21-/m0/s1. The number of hydrogen-bond donors (Lipinski definition) is 3. The van der Waals surface area contributed by atoms with Crippen molar-refractivity contribution in [2.75, 3.05) is 13.1 Å². The zero-order valence-corrected chi connectivity index (χ0v) is 19.0. The third-order valence-corrected chi connectivity index (χ3v) is 4.78. The van der Waals surface area contributed by atoms with E-state index in [-0.39, 0.29) is 18.9 Å². The molecule has 8 heteroatoms. The van der Waals surface area contributed by atoms with Gasteiger partial charge in [-0.1, -0.05) is 72.9 Å². The van der Waals surface area contributed by atoms with Crippen LogP contribution in [0.15, 0.2) is 60.7 Å². The summed E-state index contributed by atoms with van der Waals surface area (Å²) in [6, 6.07) is 17.2. The van der Waals surface area contributed by atoms with Crippen molar-refractivity contribution in [1.29, 1.82) is 0 Å². The van der Waals surface area contributed by atoms with Crippen LogP contribution < -0.4 is 16.0 Å². The Morgan fingerprint density at radius 1 is 0.938 bits per heavy atom. The van der Waals surface area contributed by atoms with E-state index in [0.29, 0.717) is 29.9 Å². The van der Waals surface area contributed by atoms with Crippen molar-refractivity contribution >= 4 is 35.0 Å². The number of Topliss-reactive ketones (excluding diaryl/α,β-unsaturated/α-hetero) is 1.